The van der Waals surface area contributed by atoms with Gasteiger partial charge in [-0.1, -0.05) is 6.07 Å². The number of hydrogen-bond acceptors (Lipinski definition) is 7. The zero-order valence-corrected chi connectivity index (χ0v) is 11.3. The topological polar surface area (TPSA) is 82.1 Å². The highest BCUT2D eigenvalue weighted by atomic mass is 32.1. The lowest BCUT2D eigenvalue weighted by molar-refractivity contribution is -0.156. The summed E-state index contributed by atoms with van der Waals surface area (Å²) in [5.74, 6) is -1.09. The van der Waals surface area contributed by atoms with Crippen molar-refractivity contribution >= 4 is 24.9 Å². The maximum absolute atomic E-state index is 12.3. The first-order valence-corrected chi connectivity index (χ1v) is 6.95. The second-order valence-electron chi connectivity index (χ2n) is 3.00. The number of hydrogen-bond donors (Lipinski definition) is 1. The summed E-state index contributed by atoms with van der Waals surface area (Å²) in [6, 6.07) is 3.05. The lowest BCUT2D eigenvalue weighted by atomic mass is 10.3. The van der Waals surface area contributed by atoms with E-state index in [-0.39, 0.29) is 4.88 Å². The van der Waals surface area contributed by atoms with Crippen LogP contribution >= 0.6 is 18.9 Å². The van der Waals surface area contributed by atoms with E-state index in [0.717, 1.165) is 32.7 Å². The van der Waals surface area contributed by atoms with E-state index in [0.29, 0.717) is 0 Å². The number of carbonyl (C=O) groups is 1. The monoisotopic (exact) mass is 280 g/mol. The minimum atomic E-state index is -4.07. The predicted octanol–water partition coefficient (Wildman–Crippen LogP) is 1.55. The van der Waals surface area contributed by atoms with Crippen LogP contribution in [0.25, 0.3) is 0 Å². The number of carbonyl (C=O) groups excluding carboxylic acids is 1. The summed E-state index contributed by atoms with van der Waals surface area (Å²) >= 11 is 1.05. The van der Waals surface area contributed by atoms with Crippen molar-refractivity contribution in [3.63, 3.8) is 0 Å². The van der Waals surface area contributed by atoms with Crippen LogP contribution < -0.4 is 0 Å². The molecule has 0 spiro atoms. The van der Waals surface area contributed by atoms with Crippen LogP contribution in [-0.4, -0.2) is 32.4 Å². The number of methoxy groups -OCH3 is 1. The molecule has 0 aromatic carbocycles. The smallest absolute Gasteiger partial charge is 0.378 e. The van der Waals surface area contributed by atoms with E-state index in [1.807, 2.05) is 0 Å². The van der Waals surface area contributed by atoms with Gasteiger partial charge >= 0.3 is 13.6 Å². The Hall–Kier alpha value is -0.720. The fraction of sp³-hybridized carbons (Fsp3) is 0.444. The highest BCUT2D eigenvalue weighted by Gasteiger charge is 2.58. The first kappa shape index (κ1) is 14.3. The first-order chi connectivity index (χ1) is 7.96. The minimum absolute atomic E-state index is 0.136. The highest BCUT2D eigenvalue weighted by Crippen LogP contribution is 2.63. The second-order valence-corrected chi connectivity index (χ2v) is 6.32. The lowest BCUT2D eigenvalue weighted by Crippen LogP contribution is -2.36. The Balaban J connectivity index is 3.40. The first-order valence-electron chi connectivity index (χ1n) is 4.52. The summed E-state index contributed by atoms with van der Waals surface area (Å²) in [6.07, 6.45) is 0. The molecule has 1 aromatic heterocycles. The van der Waals surface area contributed by atoms with E-state index in [4.69, 9.17) is 0 Å². The van der Waals surface area contributed by atoms with Crippen LogP contribution in [0, 0.1) is 0 Å². The average Bonchev–Trinajstić information content (AvgIpc) is 2.89. The Morgan fingerprint density at radius 1 is 1.41 bits per heavy atom. The van der Waals surface area contributed by atoms with E-state index in [1.54, 1.807) is 11.4 Å². The summed E-state index contributed by atoms with van der Waals surface area (Å²) < 4.78 is 26.1. The SMILES string of the molecule is COC(=O)[C@](O)(c1cccs1)P(=O)(OC)OC. The zero-order chi connectivity index (χ0) is 13.1. The Labute approximate surface area is 103 Å². The van der Waals surface area contributed by atoms with Crippen LogP contribution in [0.4, 0.5) is 0 Å². The molecule has 0 saturated heterocycles. The van der Waals surface area contributed by atoms with Gasteiger partial charge in [-0.05, 0) is 11.4 Å². The molecule has 17 heavy (non-hydrogen) atoms. The van der Waals surface area contributed by atoms with Crippen LogP contribution in [0.1, 0.15) is 4.88 Å². The van der Waals surface area contributed by atoms with Gasteiger partial charge < -0.3 is 18.9 Å². The molecule has 1 rings (SSSR count). The van der Waals surface area contributed by atoms with E-state index in [9.17, 15) is 14.5 Å². The van der Waals surface area contributed by atoms with Gasteiger partial charge in [0.25, 0.3) is 5.34 Å². The maximum atomic E-state index is 12.3. The van der Waals surface area contributed by atoms with Crippen molar-refractivity contribution in [2.75, 3.05) is 21.3 Å². The van der Waals surface area contributed by atoms with Crippen molar-refractivity contribution in [1.29, 1.82) is 0 Å². The van der Waals surface area contributed by atoms with Crippen LogP contribution in [-0.2, 0) is 28.5 Å². The molecule has 8 heteroatoms. The number of esters is 1. The molecular formula is C9H13O6PS. The van der Waals surface area contributed by atoms with Crippen molar-refractivity contribution in [3.8, 4) is 0 Å². The normalized spacial score (nSPS) is 15.3. The van der Waals surface area contributed by atoms with Gasteiger partial charge in [0.2, 0.25) is 0 Å². The third-order valence-corrected chi connectivity index (χ3v) is 5.52. The third kappa shape index (κ3) is 2.17. The van der Waals surface area contributed by atoms with Crippen LogP contribution in [0.5, 0.6) is 0 Å². The van der Waals surface area contributed by atoms with Crippen LogP contribution in [0.3, 0.4) is 0 Å². The molecule has 96 valence electrons. The molecule has 1 N–H and O–H groups in total. The quantitative estimate of drug-likeness (QED) is 0.651. The zero-order valence-electron chi connectivity index (χ0n) is 9.58. The van der Waals surface area contributed by atoms with Gasteiger partial charge in [0, 0.05) is 14.2 Å². The van der Waals surface area contributed by atoms with Gasteiger partial charge in [0.05, 0.1) is 12.0 Å². The van der Waals surface area contributed by atoms with Crippen molar-refractivity contribution < 1.29 is 28.3 Å². The summed E-state index contributed by atoms with van der Waals surface area (Å²) in [4.78, 5) is 11.8. The van der Waals surface area contributed by atoms with Crippen molar-refractivity contribution in [2.24, 2.45) is 0 Å². The van der Waals surface area contributed by atoms with Gasteiger partial charge in [-0.25, -0.2) is 4.79 Å². The molecule has 6 nitrogen and oxygen atoms in total. The van der Waals surface area contributed by atoms with Crippen molar-refractivity contribution in [2.45, 2.75) is 5.34 Å². The standard InChI is InChI=1S/C9H13O6PS/c1-13-8(10)9(11,7-5-4-6-17-7)16(12,14-2)15-3/h4-6,11H,1-3H3/t9-/m0/s1. The Bertz CT molecular complexity index is 423. The van der Waals surface area contributed by atoms with Crippen molar-refractivity contribution in [3.05, 3.63) is 22.4 Å². The largest absolute Gasteiger partial charge is 0.466 e. The molecule has 0 unspecified atom stereocenters. The molecule has 0 radical (unpaired) electrons. The fourth-order valence-corrected chi connectivity index (χ4v) is 3.84. The molecule has 0 aliphatic heterocycles. The van der Waals surface area contributed by atoms with E-state index in [1.165, 1.54) is 6.07 Å². The van der Waals surface area contributed by atoms with E-state index >= 15 is 0 Å². The van der Waals surface area contributed by atoms with Crippen molar-refractivity contribution in [1.82, 2.24) is 0 Å². The van der Waals surface area contributed by atoms with E-state index < -0.39 is 18.9 Å². The third-order valence-electron chi connectivity index (χ3n) is 2.21. The van der Waals surface area contributed by atoms with Crippen LogP contribution in [0.2, 0.25) is 0 Å². The molecule has 1 atom stereocenters. The molecule has 0 bridgehead atoms. The molecule has 0 aliphatic rings. The average molecular weight is 280 g/mol. The Kier molecular flexibility index (Phi) is 4.46. The molecule has 0 amide bonds. The predicted molar refractivity (Wildman–Crippen MR) is 61.9 cm³/mol. The van der Waals surface area contributed by atoms with Gasteiger partial charge in [-0.15, -0.1) is 11.3 Å². The summed E-state index contributed by atoms with van der Waals surface area (Å²) in [6.45, 7) is 0. The van der Waals surface area contributed by atoms with E-state index in [2.05, 4.69) is 13.8 Å². The molecule has 0 fully saturated rings. The summed E-state index contributed by atoms with van der Waals surface area (Å²) in [7, 11) is -0.815. The Morgan fingerprint density at radius 3 is 2.35 bits per heavy atom. The highest BCUT2D eigenvalue weighted by molar-refractivity contribution is 7.56. The number of ether oxygens (including phenoxy) is 1. The van der Waals surface area contributed by atoms with Gasteiger partial charge in [0.15, 0.2) is 0 Å². The number of thiophene rings is 1. The molecular weight excluding hydrogens is 267 g/mol. The molecule has 1 aromatic rings. The second kappa shape index (κ2) is 5.29. The number of aliphatic hydroxyl groups is 1. The Morgan fingerprint density at radius 2 is 2.00 bits per heavy atom. The van der Waals surface area contributed by atoms with Gasteiger partial charge in [0.1, 0.15) is 0 Å². The van der Waals surface area contributed by atoms with Crippen LogP contribution in [0.15, 0.2) is 17.5 Å². The van der Waals surface area contributed by atoms with Gasteiger partial charge in [-0.2, -0.15) is 0 Å². The minimum Gasteiger partial charge on any atom is -0.466 e. The lowest BCUT2D eigenvalue weighted by Gasteiger charge is -2.29. The molecule has 0 saturated carbocycles. The molecule has 1 heterocycles. The summed E-state index contributed by atoms with van der Waals surface area (Å²) in [5, 5.41) is 9.56. The molecule has 0 aliphatic carbocycles. The summed E-state index contributed by atoms with van der Waals surface area (Å²) in [5.41, 5.74) is 0. The maximum Gasteiger partial charge on any atom is 0.378 e. The van der Waals surface area contributed by atoms with Gasteiger partial charge in [-0.3, -0.25) is 4.57 Å². The fourth-order valence-electron chi connectivity index (χ4n) is 1.31. The number of rotatable bonds is 5.